The number of rotatable bonds is 5. The Balaban J connectivity index is 0.00000338. The molecule has 5 nitrogen and oxygen atoms in total. The first-order valence-electron chi connectivity index (χ1n) is 9.23. The molecule has 0 saturated carbocycles. The lowest BCUT2D eigenvalue weighted by Gasteiger charge is -2.37. The predicted octanol–water partition coefficient (Wildman–Crippen LogP) is 2.86. The van der Waals surface area contributed by atoms with Crippen molar-refractivity contribution in [3.8, 4) is 0 Å². The number of piperidine rings is 1. The zero-order valence-electron chi connectivity index (χ0n) is 16.4. The third kappa shape index (κ3) is 7.51. The van der Waals surface area contributed by atoms with Crippen molar-refractivity contribution < 1.29 is 4.79 Å². The molecular weight excluding hydrogens is 439 g/mol. The second-order valence-corrected chi connectivity index (χ2v) is 7.44. The van der Waals surface area contributed by atoms with Gasteiger partial charge in [-0.2, -0.15) is 0 Å². The Morgan fingerprint density at radius 1 is 1.19 bits per heavy atom. The molecule has 1 saturated heterocycles. The monoisotopic (exact) mass is 472 g/mol. The van der Waals surface area contributed by atoms with Crippen LogP contribution >= 0.6 is 24.0 Å². The summed E-state index contributed by atoms with van der Waals surface area (Å²) in [5.74, 6) is 2.19. The van der Waals surface area contributed by atoms with Gasteiger partial charge in [0.1, 0.15) is 6.54 Å². The molecule has 1 aliphatic rings. The molecule has 2 atom stereocenters. The molecule has 0 spiro atoms. The van der Waals surface area contributed by atoms with Crippen LogP contribution in [0.4, 0.5) is 0 Å². The summed E-state index contributed by atoms with van der Waals surface area (Å²) in [6, 6.07) is 10.4. The number of guanidine groups is 1. The summed E-state index contributed by atoms with van der Waals surface area (Å²) in [7, 11) is 3.54. The van der Waals surface area contributed by atoms with Gasteiger partial charge < -0.3 is 15.1 Å². The standard InChI is InChI=1S/C20H32N4O.HI/c1-16-12-17(2)15-24(14-16)20(22-13-19(25)23(3)4)21-11-10-18-8-6-5-7-9-18;/h5-9,16-17H,10-15H2,1-4H3,(H,21,22);1H. The quantitative estimate of drug-likeness (QED) is 0.408. The van der Waals surface area contributed by atoms with Crippen LogP contribution in [0.1, 0.15) is 25.8 Å². The number of likely N-dealkylation sites (tertiary alicyclic amines) is 1. The van der Waals surface area contributed by atoms with Crippen molar-refractivity contribution in [3.63, 3.8) is 0 Å². The Kier molecular flexibility index (Phi) is 9.98. The molecule has 0 aromatic heterocycles. The van der Waals surface area contributed by atoms with Crippen LogP contribution < -0.4 is 5.32 Å². The highest BCUT2D eigenvalue weighted by Gasteiger charge is 2.24. The van der Waals surface area contributed by atoms with Gasteiger partial charge in [-0.15, -0.1) is 24.0 Å². The van der Waals surface area contributed by atoms with Gasteiger partial charge in [-0.3, -0.25) is 4.79 Å². The number of carbonyl (C=O) groups is 1. The van der Waals surface area contributed by atoms with Crippen LogP contribution in [-0.4, -0.2) is 61.9 Å². The van der Waals surface area contributed by atoms with Gasteiger partial charge in [0.05, 0.1) is 0 Å². The average Bonchev–Trinajstić information content (AvgIpc) is 2.57. The Hall–Kier alpha value is -1.31. The fourth-order valence-corrected chi connectivity index (χ4v) is 3.35. The molecule has 0 radical (unpaired) electrons. The van der Waals surface area contributed by atoms with Gasteiger partial charge in [0.2, 0.25) is 5.91 Å². The van der Waals surface area contributed by atoms with E-state index < -0.39 is 0 Å². The second kappa shape index (κ2) is 11.4. The van der Waals surface area contributed by atoms with E-state index in [9.17, 15) is 4.79 Å². The minimum atomic E-state index is 0. The number of nitrogens with zero attached hydrogens (tertiary/aromatic N) is 3. The molecule has 2 rings (SSSR count). The lowest BCUT2D eigenvalue weighted by Crippen LogP contribution is -2.49. The minimum absolute atomic E-state index is 0. The van der Waals surface area contributed by atoms with E-state index in [1.54, 1.807) is 19.0 Å². The van der Waals surface area contributed by atoms with Crippen LogP contribution in [0.15, 0.2) is 35.3 Å². The Bertz CT molecular complexity index is 566. The molecule has 1 amide bonds. The molecular formula is C20H33IN4O. The molecule has 1 aromatic carbocycles. The molecule has 2 unspecified atom stereocenters. The number of hydrogen-bond acceptors (Lipinski definition) is 2. The molecule has 1 fully saturated rings. The summed E-state index contributed by atoms with van der Waals surface area (Å²) in [5, 5.41) is 3.48. The van der Waals surface area contributed by atoms with E-state index in [1.165, 1.54) is 12.0 Å². The van der Waals surface area contributed by atoms with Gasteiger partial charge in [0, 0.05) is 33.7 Å². The van der Waals surface area contributed by atoms with E-state index in [0.29, 0.717) is 11.8 Å². The fraction of sp³-hybridized carbons (Fsp3) is 0.600. The first kappa shape index (κ1) is 22.7. The minimum Gasteiger partial charge on any atom is -0.356 e. The molecule has 1 aliphatic heterocycles. The first-order valence-corrected chi connectivity index (χ1v) is 9.23. The highest BCUT2D eigenvalue weighted by molar-refractivity contribution is 14.0. The van der Waals surface area contributed by atoms with Gasteiger partial charge in [0.15, 0.2) is 5.96 Å². The molecule has 0 bridgehead atoms. The zero-order chi connectivity index (χ0) is 18.2. The third-order valence-corrected chi connectivity index (χ3v) is 4.57. The van der Waals surface area contributed by atoms with E-state index in [1.807, 2.05) is 6.07 Å². The largest absolute Gasteiger partial charge is 0.356 e. The smallest absolute Gasteiger partial charge is 0.243 e. The number of aliphatic imine (C=N–C) groups is 1. The highest BCUT2D eigenvalue weighted by Crippen LogP contribution is 2.20. The van der Waals surface area contributed by atoms with Crippen molar-refractivity contribution in [1.29, 1.82) is 0 Å². The van der Waals surface area contributed by atoms with Crippen LogP contribution in [-0.2, 0) is 11.2 Å². The van der Waals surface area contributed by atoms with Gasteiger partial charge >= 0.3 is 0 Å². The number of hydrogen-bond donors (Lipinski definition) is 1. The predicted molar refractivity (Wildman–Crippen MR) is 119 cm³/mol. The fourth-order valence-electron chi connectivity index (χ4n) is 3.35. The molecule has 146 valence electrons. The zero-order valence-corrected chi connectivity index (χ0v) is 18.8. The first-order chi connectivity index (χ1) is 12.0. The summed E-state index contributed by atoms with van der Waals surface area (Å²) >= 11 is 0. The van der Waals surface area contributed by atoms with Gasteiger partial charge in [-0.1, -0.05) is 44.2 Å². The molecule has 26 heavy (non-hydrogen) atoms. The molecule has 6 heteroatoms. The summed E-state index contributed by atoms with van der Waals surface area (Å²) < 4.78 is 0. The number of likely N-dealkylation sites (N-methyl/N-ethyl adjacent to an activating group) is 1. The number of nitrogens with one attached hydrogen (secondary N) is 1. The highest BCUT2D eigenvalue weighted by atomic mass is 127. The number of amides is 1. The third-order valence-electron chi connectivity index (χ3n) is 4.57. The average molecular weight is 472 g/mol. The van der Waals surface area contributed by atoms with Crippen LogP contribution in [0.25, 0.3) is 0 Å². The van der Waals surface area contributed by atoms with E-state index in [4.69, 9.17) is 0 Å². The summed E-state index contributed by atoms with van der Waals surface area (Å²) in [4.78, 5) is 20.4. The van der Waals surface area contributed by atoms with Crippen molar-refractivity contribution in [1.82, 2.24) is 15.1 Å². The maximum absolute atomic E-state index is 11.9. The van der Waals surface area contributed by atoms with E-state index in [0.717, 1.165) is 32.0 Å². The normalized spacial score (nSPS) is 20.3. The molecule has 1 heterocycles. The van der Waals surface area contributed by atoms with E-state index in [-0.39, 0.29) is 36.4 Å². The lowest BCUT2D eigenvalue weighted by molar-refractivity contribution is -0.127. The Morgan fingerprint density at radius 2 is 1.81 bits per heavy atom. The van der Waals surface area contributed by atoms with Crippen LogP contribution in [0, 0.1) is 11.8 Å². The SMILES string of the molecule is CC1CC(C)CN(C(=NCC(=O)N(C)C)NCCc2ccccc2)C1.I. The maximum atomic E-state index is 11.9. The Morgan fingerprint density at radius 3 is 2.38 bits per heavy atom. The van der Waals surface area contributed by atoms with Gasteiger partial charge in [0.25, 0.3) is 0 Å². The lowest BCUT2D eigenvalue weighted by atomic mass is 9.92. The molecule has 1 aromatic rings. The maximum Gasteiger partial charge on any atom is 0.243 e. The van der Waals surface area contributed by atoms with Crippen molar-refractivity contribution in [2.75, 3.05) is 40.3 Å². The number of carbonyl (C=O) groups excluding carboxylic acids is 1. The molecule has 0 aliphatic carbocycles. The van der Waals surface area contributed by atoms with E-state index >= 15 is 0 Å². The van der Waals surface area contributed by atoms with Crippen LogP contribution in [0.3, 0.4) is 0 Å². The van der Waals surface area contributed by atoms with Crippen LogP contribution in [0.2, 0.25) is 0 Å². The van der Waals surface area contributed by atoms with Crippen LogP contribution in [0.5, 0.6) is 0 Å². The molecule has 1 N–H and O–H groups in total. The van der Waals surface area contributed by atoms with Gasteiger partial charge in [-0.25, -0.2) is 4.99 Å². The van der Waals surface area contributed by atoms with Gasteiger partial charge in [-0.05, 0) is 30.2 Å². The van der Waals surface area contributed by atoms with Crippen molar-refractivity contribution in [2.45, 2.75) is 26.7 Å². The van der Waals surface area contributed by atoms with Crippen molar-refractivity contribution in [2.24, 2.45) is 16.8 Å². The van der Waals surface area contributed by atoms with Crippen molar-refractivity contribution >= 4 is 35.8 Å². The number of halogens is 1. The topological polar surface area (TPSA) is 47.9 Å². The van der Waals surface area contributed by atoms with Crippen molar-refractivity contribution in [3.05, 3.63) is 35.9 Å². The Labute approximate surface area is 175 Å². The summed E-state index contributed by atoms with van der Waals surface area (Å²) in [6.07, 6.45) is 2.20. The van der Waals surface area contributed by atoms with E-state index in [2.05, 4.69) is 53.3 Å². The number of benzene rings is 1. The summed E-state index contributed by atoms with van der Waals surface area (Å²) in [6.45, 7) is 7.58. The second-order valence-electron chi connectivity index (χ2n) is 7.44. The summed E-state index contributed by atoms with van der Waals surface area (Å²) in [5.41, 5.74) is 1.30.